The third-order valence-electron chi connectivity index (χ3n) is 2.69. The molecular weight excluding hydrogens is 204 g/mol. The number of hydrogen-bond acceptors (Lipinski definition) is 3. The highest BCUT2D eigenvalue weighted by Crippen LogP contribution is 2.38. The highest BCUT2D eigenvalue weighted by molar-refractivity contribution is 5.80. The summed E-state index contributed by atoms with van der Waals surface area (Å²) < 4.78 is 11.3. The summed E-state index contributed by atoms with van der Waals surface area (Å²) in [4.78, 5) is 11.0. The number of carbonyl (C=O) groups excluding carboxylic acids is 1. The van der Waals surface area contributed by atoms with Gasteiger partial charge in [0, 0.05) is 17.5 Å². The van der Waals surface area contributed by atoms with Crippen LogP contribution in [0.3, 0.4) is 0 Å². The van der Waals surface area contributed by atoms with Gasteiger partial charge in [-0.25, -0.2) is 0 Å². The van der Waals surface area contributed by atoms with E-state index >= 15 is 0 Å². The topological polar surface area (TPSA) is 35.5 Å². The van der Waals surface area contributed by atoms with E-state index in [9.17, 15) is 4.79 Å². The number of carbonyl (C=O) groups is 1. The minimum absolute atomic E-state index is 0.247. The van der Waals surface area contributed by atoms with Crippen LogP contribution >= 0.6 is 0 Å². The van der Waals surface area contributed by atoms with Crippen LogP contribution in [0.4, 0.5) is 0 Å². The highest BCUT2D eigenvalue weighted by atomic mass is 16.5. The molecule has 1 aliphatic heterocycles. The van der Waals surface area contributed by atoms with Crippen LogP contribution in [-0.2, 0) is 0 Å². The van der Waals surface area contributed by atoms with E-state index in [1.54, 1.807) is 6.07 Å². The van der Waals surface area contributed by atoms with E-state index in [1.165, 1.54) is 0 Å². The molecule has 3 heteroatoms. The lowest BCUT2D eigenvalue weighted by atomic mass is 9.96. The fourth-order valence-corrected chi connectivity index (χ4v) is 1.97. The molecule has 86 valence electrons. The largest absolute Gasteiger partial charge is 0.490 e. The summed E-state index contributed by atoms with van der Waals surface area (Å²) in [5.74, 6) is 1.75. The van der Waals surface area contributed by atoms with Gasteiger partial charge < -0.3 is 9.47 Å². The lowest BCUT2D eigenvalue weighted by Gasteiger charge is -2.16. The average molecular weight is 220 g/mol. The molecule has 0 N–H and O–H groups in total. The fraction of sp³-hybridized carbons (Fsp3) is 0.462. The second kappa shape index (κ2) is 4.56. The van der Waals surface area contributed by atoms with Crippen molar-refractivity contribution in [2.24, 2.45) is 0 Å². The molecule has 0 unspecified atom stereocenters. The summed E-state index contributed by atoms with van der Waals surface area (Å²) in [6, 6.07) is 3.62. The van der Waals surface area contributed by atoms with Crippen molar-refractivity contribution in [2.75, 3.05) is 13.2 Å². The normalized spacial score (nSPS) is 14.7. The molecule has 0 radical (unpaired) electrons. The van der Waals surface area contributed by atoms with Gasteiger partial charge in [0.1, 0.15) is 6.29 Å². The van der Waals surface area contributed by atoms with Gasteiger partial charge in [-0.2, -0.15) is 0 Å². The van der Waals surface area contributed by atoms with Crippen LogP contribution in [0.25, 0.3) is 0 Å². The Morgan fingerprint density at radius 3 is 2.69 bits per heavy atom. The Bertz CT molecular complexity index is 396. The maximum atomic E-state index is 11.0. The molecule has 0 amide bonds. The van der Waals surface area contributed by atoms with Crippen LogP contribution in [0, 0.1) is 0 Å². The molecule has 0 fully saturated rings. The Morgan fingerprint density at radius 1 is 1.25 bits per heavy atom. The summed E-state index contributed by atoms with van der Waals surface area (Å²) in [6.45, 7) is 5.42. The second-order valence-corrected chi connectivity index (χ2v) is 4.22. The quantitative estimate of drug-likeness (QED) is 0.719. The van der Waals surface area contributed by atoms with Gasteiger partial charge in [-0.15, -0.1) is 0 Å². The third kappa shape index (κ3) is 1.90. The van der Waals surface area contributed by atoms with Crippen LogP contribution in [0.15, 0.2) is 12.1 Å². The fourth-order valence-electron chi connectivity index (χ4n) is 1.97. The summed E-state index contributed by atoms with van der Waals surface area (Å²) in [5, 5.41) is 0. The molecule has 1 aliphatic rings. The van der Waals surface area contributed by atoms with E-state index in [4.69, 9.17) is 9.47 Å². The number of benzene rings is 1. The molecule has 1 aromatic carbocycles. The van der Waals surface area contributed by atoms with Crippen molar-refractivity contribution in [2.45, 2.75) is 26.2 Å². The first-order chi connectivity index (χ1) is 7.74. The molecular formula is C13H16O3. The minimum Gasteiger partial charge on any atom is -0.490 e. The van der Waals surface area contributed by atoms with E-state index in [0.29, 0.717) is 18.8 Å². The molecule has 3 nitrogen and oxygen atoms in total. The van der Waals surface area contributed by atoms with Gasteiger partial charge in [-0.05, 0) is 18.1 Å². The zero-order valence-corrected chi connectivity index (χ0v) is 9.66. The predicted molar refractivity (Wildman–Crippen MR) is 61.5 cm³/mol. The smallest absolute Gasteiger partial charge is 0.165 e. The molecule has 0 atom stereocenters. The maximum Gasteiger partial charge on any atom is 0.165 e. The summed E-state index contributed by atoms with van der Waals surface area (Å²) in [7, 11) is 0. The van der Waals surface area contributed by atoms with Gasteiger partial charge in [0.05, 0.1) is 13.2 Å². The number of hydrogen-bond donors (Lipinski definition) is 0. The molecule has 0 saturated heterocycles. The van der Waals surface area contributed by atoms with Crippen LogP contribution in [-0.4, -0.2) is 19.5 Å². The number of rotatable bonds is 2. The summed E-state index contributed by atoms with van der Waals surface area (Å²) in [6.07, 6.45) is 1.76. The van der Waals surface area contributed by atoms with E-state index in [-0.39, 0.29) is 5.92 Å². The van der Waals surface area contributed by atoms with Gasteiger partial charge in [0.2, 0.25) is 0 Å². The molecule has 0 spiro atoms. The SMILES string of the molecule is CC(C)c1c(C=O)ccc2c1OCCCO2. The van der Waals surface area contributed by atoms with Crippen molar-refractivity contribution in [3.63, 3.8) is 0 Å². The van der Waals surface area contributed by atoms with Crippen molar-refractivity contribution in [3.05, 3.63) is 23.3 Å². The predicted octanol–water partition coefficient (Wildman–Crippen LogP) is 2.78. The zero-order chi connectivity index (χ0) is 11.5. The number of fused-ring (bicyclic) bond motifs is 1. The number of aldehydes is 1. The van der Waals surface area contributed by atoms with Gasteiger partial charge >= 0.3 is 0 Å². The number of ether oxygens (including phenoxy) is 2. The van der Waals surface area contributed by atoms with Crippen LogP contribution in [0.1, 0.15) is 42.1 Å². The van der Waals surface area contributed by atoms with Crippen molar-refractivity contribution >= 4 is 6.29 Å². The van der Waals surface area contributed by atoms with E-state index < -0.39 is 0 Å². The minimum atomic E-state index is 0.247. The lowest BCUT2D eigenvalue weighted by Crippen LogP contribution is -2.02. The van der Waals surface area contributed by atoms with Crippen LogP contribution in [0.5, 0.6) is 11.5 Å². The maximum absolute atomic E-state index is 11.0. The first-order valence-corrected chi connectivity index (χ1v) is 5.61. The standard InChI is InChI=1S/C13H16O3/c1-9(2)12-10(8-14)4-5-11-13(12)16-7-3-6-15-11/h4-5,8-9H,3,6-7H2,1-2H3. The monoisotopic (exact) mass is 220 g/mol. The average Bonchev–Trinajstić information content (AvgIpc) is 2.51. The van der Waals surface area contributed by atoms with Gasteiger partial charge in [0.25, 0.3) is 0 Å². The summed E-state index contributed by atoms with van der Waals surface area (Å²) in [5.41, 5.74) is 1.65. The van der Waals surface area contributed by atoms with E-state index in [2.05, 4.69) is 13.8 Å². The van der Waals surface area contributed by atoms with Crippen LogP contribution in [0.2, 0.25) is 0 Å². The molecule has 16 heavy (non-hydrogen) atoms. The molecule has 0 saturated carbocycles. The second-order valence-electron chi connectivity index (χ2n) is 4.22. The molecule has 1 heterocycles. The van der Waals surface area contributed by atoms with E-state index in [1.807, 2.05) is 6.07 Å². The molecule has 1 aromatic rings. The zero-order valence-electron chi connectivity index (χ0n) is 9.66. The molecule has 0 aromatic heterocycles. The Balaban J connectivity index is 2.56. The third-order valence-corrected chi connectivity index (χ3v) is 2.69. The van der Waals surface area contributed by atoms with Crippen molar-refractivity contribution in [1.29, 1.82) is 0 Å². The Labute approximate surface area is 95.4 Å². The van der Waals surface area contributed by atoms with Crippen LogP contribution < -0.4 is 9.47 Å². The molecule has 0 aliphatic carbocycles. The molecule has 0 bridgehead atoms. The first-order valence-electron chi connectivity index (χ1n) is 5.61. The molecule has 2 rings (SSSR count). The Morgan fingerprint density at radius 2 is 2.00 bits per heavy atom. The van der Waals surface area contributed by atoms with Gasteiger partial charge in [0.15, 0.2) is 11.5 Å². The Kier molecular flexibility index (Phi) is 3.13. The van der Waals surface area contributed by atoms with Gasteiger partial charge in [-0.1, -0.05) is 13.8 Å². The highest BCUT2D eigenvalue weighted by Gasteiger charge is 2.19. The van der Waals surface area contributed by atoms with E-state index in [0.717, 1.165) is 29.8 Å². The van der Waals surface area contributed by atoms with Crippen molar-refractivity contribution in [3.8, 4) is 11.5 Å². The van der Waals surface area contributed by atoms with Crippen molar-refractivity contribution in [1.82, 2.24) is 0 Å². The Hall–Kier alpha value is -1.51. The summed E-state index contributed by atoms with van der Waals surface area (Å²) >= 11 is 0. The van der Waals surface area contributed by atoms with Crippen molar-refractivity contribution < 1.29 is 14.3 Å². The first kappa shape index (κ1) is 11.0. The van der Waals surface area contributed by atoms with Gasteiger partial charge in [-0.3, -0.25) is 4.79 Å². The lowest BCUT2D eigenvalue weighted by molar-refractivity contribution is 0.112.